The molecule has 166 valence electrons. The molecule has 2 aromatic carbocycles. The normalized spacial score (nSPS) is 17.9. The lowest BCUT2D eigenvalue weighted by atomic mass is 10.0. The molecule has 1 aliphatic rings. The van der Waals surface area contributed by atoms with Gasteiger partial charge in [0, 0.05) is 18.2 Å². The van der Waals surface area contributed by atoms with E-state index in [0.29, 0.717) is 12.1 Å². The quantitative estimate of drug-likeness (QED) is 0.655. The molecule has 2 N–H and O–H groups in total. The summed E-state index contributed by atoms with van der Waals surface area (Å²) >= 11 is 0. The van der Waals surface area contributed by atoms with E-state index in [4.69, 9.17) is 0 Å². The summed E-state index contributed by atoms with van der Waals surface area (Å²) in [6, 6.07) is 16.2. The number of likely N-dealkylation sites (N-methyl/N-ethyl adjacent to an activating group) is 1. The summed E-state index contributed by atoms with van der Waals surface area (Å²) in [5.41, 5.74) is 1.70. The van der Waals surface area contributed by atoms with Gasteiger partial charge in [0.1, 0.15) is 11.9 Å². The molecule has 0 fully saturated rings. The Hall–Kier alpha value is -2.71. The van der Waals surface area contributed by atoms with Gasteiger partial charge in [0.25, 0.3) is 10.0 Å². The lowest BCUT2D eigenvalue weighted by Gasteiger charge is -2.26. The molecular weight excluding hydrogens is 412 g/mol. The Morgan fingerprint density at radius 1 is 1.06 bits per heavy atom. The number of nitrogens with zero attached hydrogens (tertiary/aromatic N) is 2. The number of fused-ring (bicyclic) bond motifs is 1. The van der Waals surface area contributed by atoms with Crippen molar-refractivity contribution in [2.45, 2.75) is 37.2 Å². The highest BCUT2D eigenvalue weighted by atomic mass is 32.2. The smallest absolute Gasteiger partial charge is 0.263 e. The van der Waals surface area contributed by atoms with E-state index >= 15 is 0 Å². The van der Waals surface area contributed by atoms with E-state index in [2.05, 4.69) is 32.1 Å². The zero-order valence-electron chi connectivity index (χ0n) is 18.4. The van der Waals surface area contributed by atoms with Crippen molar-refractivity contribution >= 4 is 21.8 Å². The van der Waals surface area contributed by atoms with Crippen molar-refractivity contribution in [3.8, 4) is 0 Å². The van der Waals surface area contributed by atoms with Gasteiger partial charge < -0.3 is 10.2 Å². The van der Waals surface area contributed by atoms with E-state index in [9.17, 15) is 13.2 Å². The predicted molar refractivity (Wildman–Crippen MR) is 123 cm³/mol. The van der Waals surface area contributed by atoms with Gasteiger partial charge in [0.2, 0.25) is 5.91 Å². The minimum atomic E-state index is -3.64. The van der Waals surface area contributed by atoms with Crippen molar-refractivity contribution in [2.24, 2.45) is 10.9 Å². The highest BCUT2D eigenvalue weighted by molar-refractivity contribution is 7.90. The van der Waals surface area contributed by atoms with Gasteiger partial charge in [0.15, 0.2) is 0 Å². The van der Waals surface area contributed by atoms with Crippen LogP contribution in [-0.2, 0) is 21.2 Å². The lowest BCUT2D eigenvalue weighted by molar-refractivity contribution is -0.123. The van der Waals surface area contributed by atoms with Gasteiger partial charge in [-0.15, -0.1) is 0 Å². The highest BCUT2D eigenvalue weighted by Crippen LogP contribution is 2.23. The Labute approximate surface area is 184 Å². The third-order valence-corrected chi connectivity index (χ3v) is 6.78. The predicted octanol–water partition coefficient (Wildman–Crippen LogP) is 2.04. The number of aliphatic imine (C=N–C) groups is 1. The van der Waals surface area contributed by atoms with E-state index in [-0.39, 0.29) is 28.6 Å². The van der Waals surface area contributed by atoms with Crippen LogP contribution >= 0.6 is 0 Å². The first-order chi connectivity index (χ1) is 14.7. The van der Waals surface area contributed by atoms with Crippen molar-refractivity contribution in [3.05, 3.63) is 65.7 Å². The number of nitrogens with one attached hydrogen (secondary N) is 2. The van der Waals surface area contributed by atoms with E-state index in [1.54, 1.807) is 18.2 Å². The van der Waals surface area contributed by atoms with Gasteiger partial charge in [-0.3, -0.25) is 14.5 Å². The number of sulfonamides is 1. The summed E-state index contributed by atoms with van der Waals surface area (Å²) in [5, 5.41) is 3.02. The summed E-state index contributed by atoms with van der Waals surface area (Å²) in [4.78, 5) is 19.8. The molecule has 0 bridgehead atoms. The van der Waals surface area contributed by atoms with Crippen LogP contribution in [0, 0.1) is 5.92 Å². The maximum Gasteiger partial charge on any atom is 0.263 e. The minimum Gasteiger partial charge on any atom is -0.353 e. The van der Waals surface area contributed by atoms with Gasteiger partial charge in [-0.2, -0.15) is 0 Å². The summed E-state index contributed by atoms with van der Waals surface area (Å²) in [6.45, 7) is 4.27. The summed E-state index contributed by atoms with van der Waals surface area (Å²) in [7, 11) is 0.338. The van der Waals surface area contributed by atoms with Crippen molar-refractivity contribution in [2.75, 3.05) is 20.6 Å². The molecule has 0 saturated carbocycles. The zero-order valence-corrected chi connectivity index (χ0v) is 19.2. The van der Waals surface area contributed by atoms with Crippen LogP contribution in [0.4, 0.5) is 0 Å². The van der Waals surface area contributed by atoms with Crippen LogP contribution in [-0.4, -0.2) is 57.8 Å². The average Bonchev–Trinajstić information content (AvgIpc) is 2.99. The molecule has 1 heterocycles. The molecule has 2 aromatic rings. The van der Waals surface area contributed by atoms with Crippen LogP contribution < -0.4 is 10.0 Å². The zero-order chi connectivity index (χ0) is 22.6. The Bertz CT molecular complexity index is 1050. The maximum absolute atomic E-state index is 13.0. The molecule has 1 unspecified atom stereocenters. The molecule has 1 aliphatic heterocycles. The van der Waals surface area contributed by atoms with Gasteiger partial charge in [0.05, 0.1) is 4.90 Å². The molecule has 31 heavy (non-hydrogen) atoms. The molecule has 7 nitrogen and oxygen atoms in total. The topological polar surface area (TPSA) is 90.9 Å². The second-order valence-corrected chi connectivity index (χ2v) is 9.97. The van der Waals surface area contributed by atoms with E-state index in [0.717, 1.165) is 6.42 Å². The van der Waals surface area contributed by atoms with Crippen LogP contribution in [0.2, 0.25) is 0 Å². The third kappa shape index (κ3) is 5.51. The van der Waals surface area contributed by atoms with E-state index < -0.39 is 16.1 Å². The van der Waals surface area contributed by atoms with Crippen LogP contribution in [0.1, 0.15) is 25.0 Å². The summed E-state index contributed by atoms with van der Waals surface area (Å²) in [5.74, 6) is -0.0967. The summed E-state index contributed by atoms with van der Waals surface area (Å²) < 4.78 is 27.2. The molecule has 0 aliphatic carbocycles. The maximum atomic E-state index is 13.0. The Morgan fingerprint density at radius 3 is 2.35 bits per heavy atom. The Balaban J connectivity index is 1.75. The molecule has 0 spiro atoms. The standard InChI is InChI=1S/C23H30N4O3S/c1-16(2)21(25-22-19-12-8-9-13-20(19)31(29,30)26-22)23(28)24-15-18(27(3)4)14-17-10-6-5-7-11-17/h5-13,16,18,21H,14-15H2,1-4H3,(H,24,28)(H,25,26)/t18?,21-/m0/s1. The number of rotatable bonds is 8. The van der Waals surface area contributed by atoms with Crippen molar-refractivity contribution in [1.82, 2.24) is 14.9 Å². The van der Waals surface area contributed by atoms with Crippen LogP contribution in [0.25, 0.3) is 0 Å². The molecule has 2 atom stereocenters. The fourth-order valence-electron chi connectivity index (χ4n) is 3.53. The fourth-order valence-corrected chi connectivity index (χ4v) is 4.76. The van der Waals surface area contributed by atoms with Gasteiger partial charge in [-0.25, -0.2) is 8.42 Å². The van der Waals surface area contributed by atoms with E-state index in [1.807, 2.05) is 46.1 Å². The van der Waals surface area contributed by atoms with Gasteiger partial charge >= 0.3 is 0 Å². The second-order valence-electron chi connectivity index (χ2n) is 8.32. The number of benzene rings is 2. The molecule has 0 radical (unpaired) electrons. The number of carbonyl (C=O) groups excluding carboxylic acids is 1. The molecule has 0 saturated heterocycles. The monoisotopic (exact) mass is 442 g/mol. The first kappa shape index (κ1) is 23.0. The first-order valence-corrected chi connectivity index (χ1v) is 11.9. The summed E-state index contributed by atoms with van der Waals surface area (Å²) in [6.07, 6.45) is 0.808. The molecule has 3 rings (SSSR count). The number of amidine groups is 1. The third-order valence-electron chi connectivity index (χ3n) is 5.39. The van der Waals surface area contributed by atoms with Crippen LogP contribution in [0.5, 0.6) is 0 Å². The van der Waals surface area contributed by atoms with Gasteiger partial charge in [-0.05, 0) is 44.1 Å². The number of hydrogen-bond donors (Lipinski definition) is 2. The average molecular weight is 443 g/mol. The lowest BCUT2D eigenvalue weighted by Crippen LogP contribution is -2.46. The second kappa shape index (κ2) is 9.62. The Kier molecular flexibility index (Phi) is 7.12. The van der Waals surface area contributed by atoms with Crippen LogP contribution in [0.15, 0.2) is 64.5 Å². The molecule has 1 amide bonds. The molecule has 0 aromatic heterocycles. The van der Waals surface area contributed by atoms with Gasteiger partial charge in [-0.1, -0.05) is 56.3 Å². The largest absolute Gasteiger partial charge is 0.353 e. The van der Waals surface area contributed by atoms with Crippen molar-refractivity contribution < 1.29 is 13.2 Å². The molecular formula is C23H30N4O3S. The number of carbonyl (C=O) groups is 1. The number of hydrogen-bond acceptors (Lipinski definition) is 5. The Morgan fingerprint density at radius 2 is 1.71 bits per heavy atom. The highest BCUT2D eigenvalue weighted by Gasteiger charge is 2.32. The molecule has 8 heteroatoms. The van der Waals surface area contributed by atoms with E-state index in [1.165, 1.54) is 11.6 Å². The fraction of sp³-hybridized carbons (Fsp3) is 0.391. The minimum absolute atomic E-state index is 0.100. The van der Waals surface area contributed by atoms with Crippen LogP contribution in [0.3, 0.4) is 0 Å². The SMILES string of the molecule is CC(C)[C@H](N=C1NS(=O)(=O)c2ccccc21)C(=O)NCC(Cc1ccccc1)N(C)C. The van der Waals surface area contributed by atoms with Crippen molar-refractivity contribution in [1.29, 1.82) is 0 Å². The van der Waals surface area contributed by atoms with Crippen molar-refractivity contribution in [3.63, 3.8) is 0 Å². The number of amides is 1. The first-order valence-electron chi connectivity index (χ1n) is 10.4.